The van der Waals surface area contributed by atoms with Crippen molar-refractivity contribution in [2.45, 2.75) is 0 Å². The first-order chi connectivity index (χ1) is 8.08. The van der Waals surface area contributed by atoms with Gasteiger partial charge in [0.2, 0.25) is 0 Å². The Morgan fingerprint density at radius 3 is 2.94 bits per heavy atom. The number of aromatic amines is 1. The Morgan fingerprint density at radius 2 is 2.29 bits per heavy atom. The molecule has 0 spiro atoms. The molecule has 5 nitrogen and oxygen atoms in total. The van der Waals surface area contributed by atoms with Gasteiger partial charge in [0.05, 0.1) is 11.9 Å². The molecule has 0 radical (unpaired) electrons. The number of halogens is 2. The second-order valence-corrected chi connectivity index (χ2v) is 3.71. The Hall–Kier alpha value is -2.08. The second kappa shape index (κ2) is 4.42. The molecule has 0 aliphatic rings. The Morgan fingerprint density at radius 1 is 1.53 bits per heavy atom. The van der Waals surface area contributed by atoms with E-state index in [9.17, 15) is 9.18 Å². The molecule has 0 fully saturated rings. The summed E-state index contributed by atoms with van der Waals surface area (Å²) < 4.78 is 13.3. The summed E-state index contributed by atoms with van der Waals surface area (Å²) in [5.74, 6) is -1.02. The number of nitrogens with one attached hydrogen (secondary N) is 2. The Labute approximate surface area is 101 Å². The number of carbonyl (C=O) groups is 1. The van der Waals surface area contributed by atoms with Crippen LogP contribution in [0.2, 0.25) is 5.02 Å². The van der Waals surface area contributed by atoms with Gasteiger partial charge in [0.25, 0.3) is 5.91 Å². The van der Waals surface area contributed by atoms with Gasteiger partial charge in [-0.25, -0.2) is 4.39 Å². The summed E-state index contributed by atoms with van der Waals surface area (Å²) in [6.45, 7) is 0. The fraction of sp³-hybridized carbons (Fsp3) is 0. The summed E-state index contributed by atoms with van der Waals surface area (Å²) in [7, 11) is 0. The maximum absolute atomic E-state index is 13.3. The SMILES string of the molecule is Nc1[nH]ncc1C(=O)Nc1cc(Cl)ccc1F. The van der Waals surface area contributed by atoms with E-state index in [1.165, 1.54) is 18.3 Å². The zero-order valence-corrected chi connectivity index (χ0v) is 9.25. The van der Waals surface area contributed by atoms with Crippen LogP contribution in [0.3, 0.4) is 0 Å². The van der Waals surface area contributed by atoms with E-state index in [4.69, 9.17) is 17.3 Å². The first-order valence-corrected chi connectivity index (χ1v) is 5.01. The van der Waals surface area contributed by atoms with Crippen molar-refractivity contribution in [3.05, 3.63) is 40.8 Å². The van der Waals surface area contributed by atoms with Crippen molar-refractivity contribution in [3.8, 4) is 0 Å². The quantitative estimate of drug-likeness (QED) is 0.767. The molecule has 17 heavy (non-hydrogen) atoms. The van der Waals surface area contributed by atoms with Crippen LogP contribution in [-0.2, 0) is 0 Å². The van der Waals surface area contributed by atoms with Gasteiger partial charge in [0, 0.05) is 5.02 Å². The summed E-state index contributed by atoms with van der Waals surface area (Å²) in [6, 6.07) is 3.86. The third-order valence-electron chi connectivity index (χ3n) is 2.09. The molecule has 7 heteroatoms. The van der Waals surface area contributed by atoms with Gasteiger partial charge in [-0.15, -0.1) is 0 Å². The second-order valence-electron chi connectivity index (χ2n) is 3.28. The van der Waals surface area contributed by atoms with Gasteiger partial charge in [-0.3, -0.25) is 9.89 Å². The molecule has 4 N–H and O–H groups in total. The van der Waals surface area contributed by atoms with Crippen molar-refractivity contribution in [2.75, 3.05) is 11.1 Å². The molecule has 1 aromatic carbocycles. The van der Waals surface area contributed by atoms with E-state index < -0.39 is 11.7 Å². The zero-order valence-electron chi connectivity index (χ0n) is 8.50. The first-order valence-electron chi connectivity index (χ1n) is 4.63. The van der Waals surface area contributed by atoms with Crippen molar-refractivity contribution < 1.29 is 9.18 Å². The fourth-order valence-electron chi connectivity index (χ4n) is 1.26. The van der Waals surface area contributed by atoms with Crippen molar-refractivity contribution in [1.82, 2.24) is 10.2 Å². The molecule has 2 aromatic rings. The van der Waals surface area contributed by atoms with Crippen LogP contribution in [-0.4, -0.2) is 16.1 Å². The Balaban J connectivity index is 2.24. The minimum atomic E-state index is -0.579. The molecule has 0 atom stereocenters. The first kappa shape index (κ1) is 11.4. The number of nitrogens with zero attached hydrogens (tertiary/aromatic N) is 1. The number of rotatable bonds is 2. The lowest BCUT2D eigenvalue weighted by Crippen LogP contribution is -2.13. The average Bonchev–Trinajstić information content (AvgIpc) is 2.70. The lowest BCUT2D eigenvalue weighted by molar-refractivity contribution is 0.102. The topological polar surface area (TPSA) is 83.8 Å². The summed E-state index contributed by atoms with van der Waals surface area (Å²) in [5, 5.41) is 8.68. The van der Waals surface area contributed by atoms with Crippen LogP contribution in [0, 0.1) is 5.82 Å². The maximum Gasteiger partial charge on any atom is 0.261 e. The van der Waals surface area contributed by atoms with E-state index >= 15 is 0 Å². The number of aromatic nitrogens is 2. The van der Waals surface area contributed by atoms with E-state index in [2.05, 4.69) is 15.5 Å². The standard InChI is InChI=1S/C10H8ClFN4O/c11-5-1-2-7(12)8(3-5)15-10(17)6-4-14-16-9(6)13/h1-4H,(H,15,17)(H3,13,14,16). The van der Waals surface area contributed by atoms with Gasteiger partial charge in [-0.2, -0.15) is 5.10 Å². The van der Waals surface area contributed by atoms with E-state index in [0.717, 1.165) is 6.07 Å². The lowest BCUT2D eigenvalue weighted by Gasteiger charge is -2.05. The number of nitrogens with two attached hydrogens (primary N) is 1. The van der Waals surface area contributed by atoms with E-state index in [0.29, 0.717) is 5.02 Å². The number of hydrogen-bond acceptors (Lipinski definition) is 3. The van der Waals surface area contributed by atoms with Crippen molar-refractivity contribution in [3.63, 3.8) is 0 Å². The highest BCUT2D eigenvalue weighted by Gasteiger charge is 2.13. The van der Waals surface area contributed by atoms with E-state index in [1.807, 2.05) is 0 Å². The molecule has 1 heterocycles. The Bertz CT molecular complexity index is 569. The average molecular weight is 255 g/mol. The molecule has 0 aliphatic carbocycles. The third kappa shape index (κ3) is 2.36. The van der Waals surface area contributed by atoms with Gasteiger partial charge in [0.1, 0.15) is 17.2 Å². The maximum atomic E-state index is 13.3. The predicted molar refractivity (Wildman–Crippen MR) is 62.4 cm³/mol. The molecule has 0 aliphatic heterocycles. The van der Waals surface area contributed by atoms with Crippen molar-refractivity contribution >= 4 is 29.0 Å². The lowest BCUT2D eigenvalue weighted by atomic mass is 10.2. The zero-order chi connectivity index (χ0) is 12.4. The number of nitrogen functional groups attached to an aromatic ring is 1. The van der Waals surface area contributed by atoms with Gasteiger partial charge < -0.3 is 11.1 Å². The molecule has 0 bridgehead atoms. The number of amides is 1. The predicted octanol–water partition coefficient (Wildman–Crippen LogP) is 2.04. The molecule has 1 amide bonds. The molecule has 0 unspecified atom stereocenters. The minimum Gasteiger partial charge on any atom is -0.383 e. The monoisotopic (exact) mass is 254 g/mol. The van der Waals surface area contributed by atoms with Gasteiger partial charge in [-0.05, 0) is 18.2 Å². The van der Waals surface area contributed by atoms with Crippen LogP contribution in [0.4, 0.5) is 15.9 Å². The third-order valence-corrected chi connectivity index (χ3v) is 2.33. The molecular formula is C10H8ClFN4O. The minimum absolute atomic E-state index is 0.0110. The van der Waals surface area contributed by atoms with E-state index in [-0.39, 0.29) is 17.1 Å². The highest BCUT2D eigenvalue weighted by Crippen LogP contribution is 2.20. The van der Waals surface area contributed by atoms with Crippen LogP contribution in [0.1, 0.15) is 10.4 Å². The van der Waals surface area contributed by atoms with Gasteiger partial charge in [0.15, 0.2) is 0 Å². The van der Waals surface area contributed by atoms with Crippen molar-refractivity contribution in [2.24, 2.45) is 0 Å². The largest absolute Gasteiger partial charge is 0.383 e. The van der Waals surface area contributed by atoms with E-state index in [1.54, 1.807) is 0 Å². The molecule has 0 saturated carbocycles. The Kier molecular flexibility index (Phi) is 2.97. The summed E-state index contributed by atoms with van der Waals surface area (Å²) in [5.41, 5.74) is 5.60. The number of benzene rings is 1. The van der Waals surface area contributed by atoms with Crippen molar-refractivity contribution in [1.29, 1.82) is 0 Å². The van der Waals surface area contributed by atoms with Gasteiger partial charge in [-0.1, -0.05) is 11.6 Å². The summed E-state index contributed by atoms with van der Waals surface area (Å²) >= 11 is 5.70. The summed E-state index contributed by atoms with van der Waals surface area (Å²) in [6.07, 6.45) is 1.26. The van der Waals surface area contributed by atoms with Crippen LogP contribution in [0.25, 0.3) is 0 Å². The molecule has 1 aromatic heterocycles. The normalized spacial score (nSPS) is 10.2. The highest BCUT2D eigenvalue weighted by molar-refractivity contribution is 6.31. The van der Waals surface area contributed by atoms with Crippen LogP contribution >= 0.6 is 11.6 Å². The smallest absolute Gasteiger partial charge is 0.261 e. The van der Waals surface area contributed by atoms with Crippen LogP contribution < -0.4 is 11.1 Å². The fourth-order valence-corrected chi connectivity index (χ4v) is 1.43. The molecular weight excluding hydrogens is 247 g/mol. The molecule has 0 saturated heterocycles. The highest BCUT2D eigenvalue weighted by atomic mass is 35.5. The van der Waals surface area contributed by atoms with Crippen LogP contribution in [0.5, 0.6) is 0 Å². The number of H-pyrrole nitrogens is 1. The molecule has 2 rings (SSSR count). The number of carbonyl (C=O) groups excluding carboxylic acids is 1. The number of hydrogen-bond donors (Lipinski definition) is 3. The number of anilines is 2. The van der Waals surface area contributed by atoms with Gasteiger partial charge >= 0.3 is 0 Å². The summed E-state index contributed by atoms with van der Waals surface area (Å²) in [4.78, 5) is 11.7. The molecule has 88 valence electrons. The van der Waals surface area contributed by atoms with Crippen LogP contribution in [0.15, 0.2) is 24.4 Å².